The number of rotatable bonds is 2. The number of hydrogen-bond acceptors (Lipinski definition) is 5. The van der Waals surface area contributed by atoms with E-state index in [9.17, 15) is 0 Å². The summed E-state index contributed by atoms with van der Waals surface area (Å²) < 4.78 is 4.21. The molecular weight excluding hydrogens is 250 g/mol. The lowest BCUT2D eigenvalue weighted by atomic mass is 10.1. The van der Waals surface area contributed by atoms with Gasteiger partial charge in [-0.3, -0.25) is 0 Å². The standard InChI is InChI=1S/C12H9N3S2/c1-8-6-16-12(14-8)10-4-2-9(3-5-10)11-13-7-17-15-11/h2-7H,1H3. The fourth-order valence-corrected chi connectivity index (χ4v) is 2.80. The molecule has 0 saturated heterocycles. The molecule has 0 radical (unpaired) electrons. The minimum absolute atomic E-state index is 0.789. The summed E-state index contributed by atoms with van der Waals surface area (Å²) in [6.45, 7) is 2.01. The van der Waals surface area contributed by atoms with Gasteiger partial charge in [-0.15, -0.1) is 11.3 Å². The second kappa shape index (κ2) is 4.35. The number of aromatic nitrogens is 3. The van der Waals surface area contributed by atoms with E-state index in [0.29, 0.717) is 0 Å². The zero-order chi connectivity index (χ0) is 11.7. The predicted octanol–water partition coefficient (Wildman–Crippen LogP) is 3.64. The van der Waals surface area contributed by atoms with Crippen molar-refractivity contribution in [1.29, 1.82) is 0 Å². The maximum absolute atomic E-state index is 4.46. The largest absolute Gasteiger partial charge is 0.241 e. The Bertz CT molecular complexity index is 612. The van der Waals surface area contributed by atoms with Crippen LogP contribution in [0.3, 0.4) is 0 Å². The first kappa shape index (κ1) is 10.6. The highest BCUT2D eigenvalue weighted by atomic mass is 32.1. The molecule has 0 bridgehead atoms. The van der Waals surface area contributed by atoms with Crippen LogP contribution in [0.2, 0.25) is 0 Å². The molecule has 0 saturated carbocycles. The van der Waals surface area contributed by atoms with Crippen molar-refractivity contribution in [3.05, 3.63) is 40.8 Å². The summed E-state index contributed by atoms with van der Waals surface area (Å²) in [7, 11) is 0. The van der Waals surface area contributed by atoms with E-state index in [2.05, 4.69) is 31.9 Å². The topological polar surface area (TPSA) is 38.7 Å². The molecule has 0 amide bonds. The molecule has 2 heterocycles. The molecule has 0 aliphatic carbocycles. The molecule has 0 unspecified atom stereocenters. The molecule has 3 aromatic rings. The lowest BCUT2D eigenvalue weighted by molar-refractivity contribution is 1.27. The molecule has 0 spiro atoms. The first-order chi connectivity index (χ1) is 8.33. The summed E-state index contributed by atoms with van der Waals surface area (Å²) in [6.07, 6.45) is 0. The van der Waals surface area contributed by atoms with Crippen molar-refractivity contribution in [3.8, 4) is 22.0 Å². The Hall–Kier alpha value is -1.59. The van der Waals surface area contributed by atoms with Crippen LogP contribution >= 0.6 is 22.9 Å². The smallest absolute Gasteiger partial charge is 0.172 e. The van der Waals surface area contributed by atoms with E-state index in [4.69, 9.17) is 0 Å². The lowest BCUT2D eigenvalue weighted by Crippen LogP contribution is -1.81. The quantitative estimate of drug-likeness (QED) is 0.705. The Labute approximate surface area is 107 Å². The van der Waals surface area contributed by atoms with Gasteiger partial charge in [-0.1, -0.05) is 24.3 Å². The van der Waals surface area contributed by atoms with Crippen molar-refractivity contribution >= 4 is 22.9 Å². The Morgan fingerprint density at radius 3 is 2.41 bits per heavy atom. The van der Waals surface area contributed by atoms with E-state index < -0.39 is 0 Å². The van der Waals surface area contributed by atoms with Gasteiger partial charge in [-0.25, -0.2) is 9.97 Å². The Kier molecular flexibility index (Phi) is 2.70. The third-order valence-corrected chi connectivity index (χ3v) is 3.86. The van der Waals surface area contributed by atoms with E-state index >= 15 is 0 Å². The van der Waals surface area contributed by atoms with E-state index in [1.165, 1.54) is 11.5 Å². The van der Waals surface area contributed by atoms with Crippen LogP contribution in [-0.4, -0.2) is 14.3 Å². The number of hydrogen-bond donors (Lipinski definition) is 0. The van der Waals surface area contributed by atoms with Crippen LogP contribution in [0.25, 0.3) is 22.0 Å². The molecular formula is C12H9N3S2. The van der Waals surface area contributed by atoms with Crippen molar-refractivity contribution in [1.82, 2.24) is 14.3 Å². The van der Waals surface area contributed by atoms with Crippen LogP contribution in [0.5, 0.6) is 0 Å². The third-order valence-electron chi connectivity index (χ3n) is 2.37. The highest BCUT2D eigenvalue weighted by molar-refractivity contribution is 7.13. The Balaban J connectivity index is 1.95. The van der Waals surface area contributed by atoms with Crippen molar-refractivity contribution in [2.75, 3.05) is 0 Å². The first-order valence-corrected chi connectivity index (χ1v) is 6.84. The van der Waals surface area contributed by atoms with Crippen molar-refractivity contribution < 1.29 is 0 Å². The maximum Gasteiger partial charge on any atom is 0.172 e. The summed E-state index contributed by atoms with van der Waals surface area (Å²) >= 11 is 3.03. The zero-order valence-corrected chi connectivity index (χ0v) is 10.8. The van der Waals surface area contributed by atoms with Crippen LogP contribution in [0.4, 0.5) is 0 Å². The third kappa shape index (κ3) is 2.11. The predicted molar refractivity (Wildman–Crippen MR) is 71.2 cm³/mol. The second-order valence-electron chi connectivity index (χ2n) is 3.63. The van der Waals surface area contributed by atoms with Gasteiger partial charge in [-0.05, 0) is 18.5 Å². The van der Waals surface area contributed by atoms with Crippen molar-refractivity contribution in [2.45, 2.75) is 6.92 Å². The molecule has 17 heavy (non-hydrogen) atoms. The van der Waals surface area contributed by atoms with Gasteiger partial charge in [0.2, 0.25) is 0 Å². The average molecular weight is 259 g/mol. The highest BCUT2D eigenvalue weighted by Gasteiger charge is 2.04. The molecule has 0 aliphatic rings. The van der Waals surface area contributed by atoms with E-state index in [1.54, 1.807) is 16.8 Å². The SMILES string of the molecule is Cc1csc(-c2ccc(-c3ncsn3)cc2)n1. The van der Waals surface area contributed by atoms with E-state index in [0.717, 1.165) is 27.7 Å². The number of nitrogens with zero attached hydrogens (tertiary/aromatic N) is 3. The maximum atomic E-state index is 4.46. The van der Waals surface area contributed by atoms with Crippen molar-refractivity contribution in [3.63, 3.8) is 0 Å². The molecule has 0 aliphatic heterocycles. The van der Waals surface area contributed by atoms with Crippen LogP contribution in [0, 0.1) is 6.92 Å². The fraction of sp³-hybridized carbons (Fsp3) is 0.0833. The van der Waals surface area contributed by atoms with Crippen molar-refractivity contribution in [2.24, 2.45) is 0 Å². The summed E-state index contributed by atoms with van der Waals surface area (Å²) in [4.78, 5) is 8.65. The van der Waals surface area contributed by atoms with Crippen LogP contribution in [-0.2, 0) is 0 Å². The van der Waals surface area contributed by atoms with Gasteiger partial charge in [0.05, 0.1) is 0 Å². The Morgan fingerprint density at radius 1 is 1.06 bits per heavy atom. The molecule has 2 aromatic heterocycles. The molecule has 5 heteroatoms. The molecule has 0 fully saturated rings. The molecule has 1 aromatic carbocycles. The number of benzene rings is 1. The molecule has 0 N–H and O–H groups in total. The summed E-state index contributed by atoms with van der Waals surface area (Å²) in [6, 6.07) is 8.20. The van der Waals surface area contributed by atoms with Gasteiger partial charge in [0.15, 0.2) is 5.82 Å². The molecule has 3 rings (SSSR count). The fourth-order valence-electron chi connectivity index (χ4n) is 1.55. The Morgan fingerprint density at radius 2 is 1.82 bits per heavy atom. The normalized spacial score (nSPS) is 10.6. The molecule has 0 atom stereocenters. The van der Waals surface area contributed by atoms with Gasteiger partial charge < -0.3 is 0 Å². The van der Waals surface area contributed by atoms with Gasteiger partial charge >= 0.3 is 0 Å². The molecule has 3 nitrogen and oxygen atoms in total. The molecule has 84 valence electrons. The first-order valence-electron chi connectivity index (χ1n) is 5.12. The van der Waals surface area contributed by atoms with Gasteiger partial charge in [0, 0.05) is 22.2 Å². The minimum atomic E-state index is 0.789. The second-order valence-corrected chi connectivity index (χ2v) is 5.09. The minimum Gasteiger partial charge on any atom is -0.241 e. The number of thiazole rings is 1. The monoisotopic (exact) mass is 259 g/mol. The van der Waals surface area contributed by atoms with Crippen LogP contribution < -0.4 is 0 Å². The summed E-state index contributed by atoms with van der Waals surface area (Å²) in [5.74, 6) is 0.789. The van der Waals surface area contributed by atoms with E-state index in [-0.39, 0.29) is 0 Å². The van der Waals surface area contributed by atoms with Gasteiger partial charge in [0.1, 0.15) is 10.5 Å². The van der Waals surface area contributed by atoms with Crippen LogP contribution in [0.15, 0.2) is 35.2 Å². The van der Waals surface area contributed by atoms with Gasteiger partial charge in [0.25, 0.3) is 0 Å². The average Bonchev–Trinajstić information content (AvgIpc) is 3.00. The van der Waals surface area contributed by atoms with Gasteiger partial charge in [-0.2, -0.15) is 4.37 Å². The van der Waals surface area contributed by atoms with Crippen LogP contribution in [0.1, 0.15) is 5.69 Å². The summed E-state index contributed by atoms with van der Waals surface area (Å²) in [5, 5.41) is 3.12. The number of aryl methyl sites for hydroxylation is 1. The lowest BCUT2D eigenvalue weighted by Gasteiger charge is -1.98. The zero-order valence-electron chi connectivity index (χ0n) is 9.12. The highest BCUT2D eigenvalue weighted by Crippen LogP contribution is 2.25. The summed E-state index contributed by atoms with van der Waals surface area (Å²) in [5.41, 5.74) is 4.99. The van der Waals surface area contributed by atoms with E-state index in [1.807, 2.05) is 19.1 Å².